The number of H-pyrrole nitrogens is 1. The molecule has 1 aliphatic rings. The number of rotatable bonds is 9. The van der Waals surface area contributed by atoms with Crippen molar-refractivity contribution < 1.29 is 17.9 Å². The Morgan fingerprint density at radius 2 is 1.91 bits per heavy atom. The van der Waals surface area contributed by atoms with Crippen LogP contribution in [0.4, 0.5) is 0 Å². The second-order valence-electron chi connectivity index (χ2n) is 8.17. The van der Waals surface area contributed by atoms with E-state index in [9.17, 15) is 13.2 Å². The van der Waals surface area contributed by atoms with Crippen molar-refractivity contribution in [3.8, 4) is 5.75 Å². The summed E-state index contributed by atoms with van der Waals surface area (Å²) < 4.78 is 33.6. The summed E-state index contributed by atoms with van der Waals surface area (Å²) in [5.41, 5.74) is 1.02. The Hall–Kier alpha value is -2.76. The SMILES string of the molecule is CCCc1nc(C(=O)NC(=N)c2cc(S(=O)(=O)N3CCN(CC)CC3)ccc2OCC)c(C)[nH]1. The van der Waals surface area contributed by atoms with E-state index in [0.29, 0.717) is 56.5 Å². The molecule has 0 spiro atoms. The van der Waals surface area contributed by atoms with Crippen LogP contribution in [-0.4, -0.2) is 78.7 Å². The largest absolute Gasteiger partial charge is 0.493 e. The fourth-order valence-electron chi connectivity index (χ4n) is 3.92. The van der Waals surface area contributed by atoms with Crippen molar-refractivity contribution in [2.24, 2.45) is 0 Å². The Morgan fingerprint density at radius 1 is 1.21 bits per heavy atom. The lowest BCUT2D eigenvalue weighted by atomic mass is 10.1. The van der Waals surface area contributed by atoms with Gasteiger partial charge in [-0.05, 0) is 45.0 Å². The molecule has 1 fully saturated rings. The normalized spacial score (nSPS) is 15.3. The van der Waals surface area contributed by atoms with E-state index < -0.39 is 15.9 Å². The third-order valence-electron chi connectivity index (χ3n) is 5.81. The van der Waals surface area contributed by atoms with Crippen LogP contribution in [0.15, 0.2) is 23.1 Å². The lowest BCUT2D eigenvalue weighted by Gasteiger charge is -2.33. The molecule has 1 aliphatic heterocycles. The van der Waals surface area contributed by atoms with Gasteiger partial charge >= 0.3 is 0 Å². The molecular weight excluding hydrogens is 456 g/mol. The highest BCUT2D eigenvalue weighted by molar-refractivity contribution is 7.89. The smallest absolute Gasteiger partial charge is 0.277 e. The number of piperazine rings is 1. The third kappa shape index (κ3) is 5.65. The van der Waals surface area contributed by atoms with Gasteiger partial charge in [-0.2, -0.15) is 4.31 Å². The molecule has 0 atom stereocenters. The average Bonchev–Trinajstić information content (AvgIpc) is 3.19. The molecule has 1 aromatic carbocycles. The molecule has 0 radical (unpaired) electrons. The molecule has 0 bridgehead atoms. The Bertz CT molecular complexity index is 1140. The summed E-state index contributed by atoms with van der Waals surface area (Å²) in [5.74, 6) is 0.254. The van der Waals surface area contributed by atoms with Gasteiger partial charge in [0.15, 0.2) is 0 Å². The number of benzene rings is 1. The van der Waals surface area contributed by atoms with Crippen LogP contribution >= 0.6 is 0 Å². The van der Waals surface area contributed by atoms with Gasteiger partial charge in [0.1, 0.15) is 23.1 Å². The molecule has 186 valence electrons. The van der Waals surface area contributed by atoms with Gasteiger partial charge in [0.25, 0.3) is 5.91 Å². The van der Waals surface area contributed by atoms with Crippen LogP contribution in [0.25, 0.3) is 0 Å². The highest BCUT2D eigenvalue weighted by Crippen LogP contribution is 2.26. The number of sulfonamides is 1. The number of likely N-dealkylation sites (N-methyl/N-ethyl adjacent to an activating group) is 1. The molecule has 10 nitrogen and oxygen atoms in total. The Labute approximate surface area is 201 Å². The molecule has 1 saturated heterocycles. The molecule has 1 aromatic heterocycles. The lowest BCUT2D eigenvalue weighted by Crippen LogP contribution is -2.48. The van der Waals surface area contributed by atoms with Gasteiger partial charge in [0.2, 0.25) is 10.0 Å². The second-order valence-corrected chi connectivity index (χ2v) is 10.1. The van der Waals surface area contributed by atoms with Gasteiger partial charge in [-0.25, -0.2) is 13.4 Å². The van der Waals surface area contributed by atoms with Crippen LogP contribution in [-0.2, 0) is 16.4 Å². The number of aromatic nitrogens is 2. The van der Waals surface area contributed by atoms with E-state index in [2.05, 4.69) is 27.1 Å². The third-order valence-corrected chi connectivity index (χ3v) is 7.71. The number of aromatic amines is 1. The highest BCUT2D eigenvalue weighted by Gasteiger charge is 2.29. The van der Waals surface area contributed by atoms with E-state index in [4.69, 9.17) is 10.1 Å². The van der Waals surface area contributed by atoms with Crippen molar-refractivity contribution in [1.29, 1.82) is 5.41 Å². The van der Waals surface area contributed by atoms with Gasteiger partial charge in [0.05, 0.1) is 17.1 Å². The zero-order valence-corrected chi connectivity index (χ0v) is 21.1. The summed E-state index contributed by atoms with van der Waals surface area (Å²) in [5, 5.41) is 11.1. The number of aryl methyl sites for hydroxylation is 2. The Morgan fingerprint density at radius 3 is 2.53 bits per heavy atom. The maximum atomic E-state index is 13.3. The Balaban J connectivity index is 1.86. The minimum atomic E-state index is -3.75. The van der Waals surface area contributed by atoms with Crippen molar-refractivity contribution in [2.45, 2.75) is 45.4 Å². The maximum absolute atomic E-state index is 13.3. The average molecular weight is 491 g/mol. The van der Waals surface area contributed by atoms with E-state index in [-0.39, 0.29) is 22.0 Å². The second kappa shape index (κ2) is 11.1. The first-order chi connectivity index (χ1) is 16.2. The number of amidine groups is 1. The van der Waals surface area contributed by atoms with E-state index in [0.717, 1.165) is 13.0 Å². The number of nitrogens with zero attached hydrogens (tertiary/aromatic N) is 3. The van der Waals surface area contributed by atoms with Crippen molar-refractivity contribution >= 4 is 21.8 Å². The molecule has 0 aliphatic carbocycles. The van der Waals surface area contributed by atoms with E-state index >= 15 is 0 Å². The summed E-state index contributed by atoms with van der Waals surface area (Å²) in [7, 11) is -3.75. The first kappa shape index (κ1) is 25.9. The summed E-state index contributed by atoms with van der Waals surface area (Å²) in [6, 6.07) is 4.42. The molecular formula is C23H34N6O4S. The first-order valence-corrected chi connectivity index (χ1v) is 13.1. The van der Waals surface area contributed by atoms with Crippen molar-refractivity contribution in [3.05, 3.63) is 41.0 Å². The number of ether oxygens (including phenoxy) is 1. The van der Waals surface area contributed by atoms with Crippen LogP contribution in [0, 0.1) is 12.3 Å². The minimum Gasteiger partial charge on any atom is -0.493 e. The maximum Gasteiger partial charge on any atom is 0.277 e. The summed E-state index contributed by atoms with van der Waals surface area (Å²) in [6.07, 6.45) is 1.60. The number of hydrogen-bond acceptors (Lipinski definition) is 7. The molecule has 11 heteroatoms. The quantitative estimate of drug-likeness (QED) is 0.365. The number of carbonyl (C=O) groups excluding carboxylic acids is 1. The van der Waals surface area contributed by atoms with Gasteiger partial charge < -0.3 is 19.9 Å². The van der Waals surface area contributed by atoms with Crippen LogP contribution < -0.4 is 10.1 Å². The van der Waals surface area contributed by atoms with Crippen LogP contribution in [0.5, 0.6) is 5.75 Å². The first-order valence-electron chi connectivity index (χ1n) is 11.7. The zero-order valence-electron chi connectivity index (χ0n) is 20.3. The van der Waals surface area contributed by atoms with Gasteiger partial charge in [-0.15, -0.1) is 0 Å². The highest BCUT2D eigenvalue weighted by atomic mass is 32.2. The molecule has 0 unspecified atom stereocenters. The van der Waals surface area contributed by atoms with E-state index in [1.165, 1.54) is 22.5 Å². The van der Waals surface area contributed by atoms with Crippen molar-refractivity contribution in [1.82, 2.24) is 24.5 Å². The molecule has 34 heavy (non-hydrogen) atoms. The van der Waals surface area contributed by atoms with Gasteiger partial charge in [0, 0.05) is 38.3 Å². The molecule has 3 N–H and O–H groups in total. The Kier molecular flexibility index (Phi) is 8.45. The van der Waals surface area contributed by atoms with E-state index in [1.54, 1.807) is 13.8 Å². The summed E-state index contributed by atoms with van der Waals surface area (Å²) >= 11 is 0. The van der Waals surface area contributed by atoms with Crippen LogP contribution in [0.2, 0.25) is 0 Å². The van der Waals surface area contributed by atoms with Crippen molar-refractivity contribution in [3.63, 3.8) is 0 Å². The lowest BCUT2D eigenvalue weighted by molar-refractivity contribution is 0.0972. The van der Waals surface area contributed by atoms with Gasteiger partial charge in [-0.1, -0.05) is 13.8 Å². The fourth-order valence-corrected chi connectivity index (χ4v) is 5.37. The fraction of sp³-hybridized carbons (Fsp3) is 0.522. The van der Waals surface area contributed by atoms with Crippen LogP contribution in [0.1, 0.15) is 54.8 Å². The number of hydrogen-bond donors (Lipinski definition) is 3. The monoisotopic (exact) mass is 490 g/mol. The molecule has 2 aromatic rings. The number of amides is 1. The topological polar surface area (TPSA) is 131 Å². The molecule has 1 amide bonds. The zero-order chi connectivity index (χ0) is 24.9. The van der Waals surface area contributed by atoms with Crippen molar-refractivity contribution in [2.75, 3.05) is 39.3 Å². The van der Waals surface area contributed by atoms with Gasteiger partial charge in [-0.3, -0.25) is 10.2 Å². The minimum absolute atomic E-state index is 0.0658. The molecule has 3 rings (SSSR count). The molecule has 0 saturated carbocycles. The number of nitrogens with one attached hydrogen (secondary N) is 3. The molecule has 2 heterocycles. The standard InChI is InChI=1S/C23H34N6O4S/c1-5-8-20-25-16(4)21(26-20)23(30)27-22(24)18-15-17(9-10-19(18)33-7-3)34(31,32)29-13-11-28(6-2)12-14-29/h9-10,15H,5-8,11-14H2,1-4H3,(H,25,26)(H2,24,27,30). The number of imidazole rings is 1. The predicted molar refractivity (Wildman–Crippen MR) is 130 cm³/mol. The summed E-state index contributed by atoms with van der Waals surface area (Å²) in [4.78, 5) is 22.5. The predicted octanol–water partition coefficient (Wildman–Crippen LogP) is 2.15. The van der Waals surface area contributed by atoms with Crippen LogP contribution in [0.3, 0.4) is 0 Å². The van der Waals surface area contributed by atoms with E-state index in [1.807, 2.05) is 6.92 Å². The summed E-state index contributed by atoms with van der Waals surface area (Å²) in [6.45, 7) is 11.0. The number of carbonyl (C=O) groups is 1.